The van der Waals surface area contributed by atoms with Crippen LogP contribution < -0.4 is 5.32 Å². The Labute approximate surface area is 117 Å². The maximum Gasteiger partial charge on any atom is 0.408 e. The Kier molecular flexibility index (Phi) is 6.81. The molecule has 0 spiro atoms. The molecule has 1 aromatic carbocycles. The van der Waals surface area contributed by atoms with Crippen LogP contribution in [0.3, 0.4) is 0 Å². The van der Waals surface area contributed by atoms with Gasteiger partial charge >= 0.3 is 12.1 Å². The first kappa shape index (κ1) is 15.4. The predicted molar refractivity (Wildman–Crippen MR) is 74.0 cm³/mol. The second kappa shape index (κ2) is 8.42. The second-order valence-corrected chi connectivity index (χ2v) is 4.06. The van der Waals surface area contributed by atoms with E-state index >= 15 is 0 Å². The van der Waals surface area contributed by atoms with Gasteiger partial charge in [0.1, 0.15) is 12.6 Å². The standard InChI is InChI=1S/C13H17NO4S/c1-2-17-12(15)11(9-19)14-13(16)18-8-10-6-4-3-5-7-10/h3-7,11,19H,2,8-9H2,1H3,(H,14,16)/t11-/m1/s1. The van der Waals surface area contributed by atoms with Crippen molar-refractivity contribution in [3.63, 3.8) is 0 Å². The van der Waals surface area contributed by atoms with Gasteiger partial charge in [-0.15, -0.1) is 0 Å². The summed E-state index contributed by atoms with van der Waals surface area (Å²) in [4.78, 5) is 23.0. The van der Waals surface area contributed by atoms with Gasteiger partial charge in [-0.25, -0.2) is 9.59 Å². The molecule has 1 aromatic rings. The quantitative estimate of drug-likeness (QED) is 0.617. The first-order valence-electron chi connectivity index (χ1n) is 5.92. The van der Waals surface area contributed by atoms with Crippen LogP contribution in [-0.2, 0) is 20.9 Å². The molecular weight excluding hydrogens is 266 g/mol. The zero-order valence-corrected chi connectivity index (χ0v) is 11.6. The van der Waals surface area contributed by atoms with Gasteiger partial charge < -0.3 is 14.8 Å². The molecule has 5 nitrogen and oxygen atoms in total. The fourth-order valence-electron chi connectivity index (χ4n) is 1.33. The molecule has 1 amide bonds. The Balaban J connectivity index is 2.39. The summed E-state index contributed by atoms with van der Waals surface area (Å²) in [6.07, 6.45) is -0.670. The average Bonchev–Trinajstić information content (AvgIpc) is 2.44. The summed E-state index contributed by atoms with van der Waals surface area (Å²) in [6.45, 7) is 2.10. The first-order valence-corrected chi connectivity index (χ1v) is 6.55. The van der Waals surface area contributed by atoms with Crippen LogP contribution in [-0.4, -0.2) is 30.5 Å². The number of thiol groups is 1. The number of amides is 1. The van der Waals surface area contributed by atoms with E-state index in [2.05, 4.69) is 17.9 Å². The lowest BCUT2D eigenvalue weighted by molar-refractivity contribution is -0.144. The van der Waals surface area contributed by atoms with Gasteiger partial charge in [0, 0.05) is 5.75 Å². The van der Waals surface area contributed by atoms with E-state index in [4.69, 9.17) is 9.47 Å². The minimum Gasteiger partial charge on any atom is -0.464 e. The number of ether oxygens (including phenoxy) is 2. The summed E-state index contributed by atoms with van der Waals surface area (Å²) in [5.41, 5.74) is 0.871. The summed E-state index contributed by atoms with van der Waals surface area (Å²) in [5.74, 6) is -0.367. The van der Waals surface area contributed by atoms with Gasteiger partial charge in [0.25, 0.3) is 0 Å². The smallest absolute Gasteiger partial charge is 0.408 e. The van der Waals surface area contributed by atoms with Gasteiger partial charge in [-0.2, -0.15) is 12.6 Å². The van der Waals surface area contributed by atoms with Crippen LogP contribution in [0.1, 0.15) is 12.5 Å². The zero-order chi connectivity index (χ0) is 14.1. The van der Waals surface area contributed by atoms with Gasteiger partial charge in [0.2, 0.25) is 0 Å². The third kappa shape index (κ3) is 5.65. The fourth-order valence-corrected chi connectivity index (χ4v) is 1.57. The van der Waals surface area contributed by atoms with E-state index in [1.165, 1.54) is 0 Å². The van der Waals surface area contributed by atoms with E-state index in [9.17, 15) is 9.59 Å². The number of hydrogen-bond acceptors (Lipinski definition) is 5. The summed E-state index contributed by atoms with van der Waals surface area (Å²) in [5, 5.41) is 2.41. The molecule has 0 fully saturated rings. The minimum absolute atomic E-state index is 0.148. The van der Waals surface area contributed by atoms with E-state index in [1.54, 1.807) is 6.92 Å². The Bertz CT molecular complexity index is 410. The number of carbonyl (C=O) groups is 2. The molecule has 0 aliphatic rings. The molecule has 0 aliphatic carbocycles. The van der Waals surface area contributed by atoms with Crippen molar-refractivity contribution in [3.8, 4) is 0 Å². The Morgan fingerprint density at radius 3 is 2.53 bits per heavy atom. The lowest BCUT2D eigenvalue weighted by Gasteiger charge is -2.14. The molecule has 0 aromatic heterocycles. The third-order valence-electron chi connectivity index (χ3n) is 2.26. The SMILES string of the molecule is CCOC(=O)[C@@H](CS)NC(=O)OCc1ccccc1. The van der Waals surface area contributed by atoms with Crippen molar-refractivity contribution in [2.24, 2.45) is 0 Å². The number of alkyl carbamates (subject to hydrolysis) is 1. The number of hydrogen-bond donors (Lipinski definition) is 2. The van der Waals surface area contributed by atoms with Crippen LogP contribution in [0.2, 0.25) is 0 Å². The summed E-state index contributed by atoms with van der Waals surface area (Å²) in [6, 6.07) is 8.47. The monoisotopic (exact) mass is 283 g/mol. The molecular formula is C13H17NO4S. The van der Waals surface area contributed by atoms with Gasteiger partial charge in [-0.3, -0.25) is 0 Å². The van der Waals surface area contributed by atoms with Crippen LogP contribution >= 0.6 is 12.6 Å². The number of esters is 1. The number of carbonyl (C=O) groups excluding carboxylic acids is 2. The highest BCUT2D eigenvalue weighted by molar-refractivity contribution is 7.80. The highest BCUT2D eigenvalue weighted by Gasteiger charge is 2.20. The van der Waals surface area contributed by atoms with Gasteiger partial charge in [-0.05, 0) is 12.5 Å². The van der Waals surface area contributed by atoms with Crippen molar-refractivity contribution in [2.75, 3.05) is 12.4 Å². The van der Waals surface area contributed by atoms with Crippen LogP contribution in [0.25, 0.3) is 0 Å². The molecule has 0 unspecified atom stereocenters. The van der Waals surface area contributed by atoms with E-state index in [-0.39, 0.29) is 19.0 Å². The summed E-state index contributed by atoms with van der Waals surface area (Å²) >= 11 is 3.99. The molecule has 0 bridgehead atoms. The molecule has 104 valence electrons. The first-order chi connectivity index (χ1) is 9.17. The molecule has 0 saturated carbocycles. The van der Waals surface area contributed by atoms with Crippen molar-refractivity contribution in [2.45, 2.75) is 19.6 Å². The Hall–Kier alpha value is -1.69. The third-order valence-corrected chi connectivity index (χ3v) is 2.62. The van der Waals surface area contributed by atoms with Crippen molar-refractivity contribution >= 4 is 24.7 Å². The molecule has 19 heavy (non-hydrogen) atoms. The van der Waals surface area contributed by atoms with E-state index < -0.39 is 18.1 Å². The van der Waals surface area contributed by atoms with Crippen LogP contribution in [0, 0.1) is 0 Å². The van der Waals surface area contributed by atoms with Gasteiger partial charge in [0.15, 0.2) is 0 Å². The van der Waals surface area contributed by atoms with Crippen molar-refractivity contribution in [3.05, 3.63) is 35.9 Å². The average molecular weight is 283 g/mol. The van der Waals surface area contributed by atoms with E-state index in [0.717, 1.165) is 5.56 Å². The maximum absolute atomic E-state index is 11.5. The molecule has 0 aliphatic heterocycles. The molecule has 0 heterocycles. The second-order valence-electron chi connectivity index (χ2n) is 3.69. The molecule has 0 radical (unpaired) electrons. The summed E-state index contributed by atoms with van der Waals surface area (Å²) in [7, 11) is 0. The van der Waals surface area contributed by atoms with Gasteiger partial charge in [-0.1, -0.05) is 30.3 Å². The molecule has 1 N–H and O–H groups in total. The highest BCUT2D eigenvalue weighted by Crippen LogP contribution is 2.01. The highest BCUT2D eigenvalue weighted by atomic mass is 32.1. The molecule has 1 atom stereocenters. The lowest BCUT2D eigenvalue weighted by Crippen LogP contribution is -2.43. The number of benzene rings is 1. The lowest BCUT2D eigenvalue weighted by atomic mass is 10.2. The fraction of sp³-hybridized carbons (Fsp3) is 0.385. The number of nitrogens with one attached hydrogen (secondary N) is 1. The largest absolute Gasteiger partial charge is 0.464 e. The Morgan fingerprint density at radius 2 is 1.95 bits per heavy atom. The van der Waals surface area contributed by atoms with E-state index in [0.29, 0.717) is 0 Å². The van der Waals surface area contributed by atoms with Crippen molar-refractivity contribution in [1.82, 2.24) is 5.32 Å². The van der Waals surface area contributed by atoms with Crippen LogP contribution in [0.15, 0.2) is 30.3 Å². The van der Waals surface area contributed by atoms with E-state index in [1.807, 2.05) is 30.3 Å². The van der Waals surface area contributed by atoms with Crippen LogP contribution in [0.5, 0.6) is 0 Å². The van der Waals surface area contributed by atoms with Crippen molar-refractivity contribution < 1.29 is 19.1 Å². The topological polar surface area (TPSA) is 64.6 Å². The maximum atomic E-state index is 11.5. The summed E-state index contributed by atoms with van der Waals surface area (Å²) < 4.78 is 9.80. The Morgan fingerprint density at radius 1 is 1.26 bits per heavy atom. The molecule has 1 rings (SSSR count). The van der Waals surface area contributed by atoms with Crippen molar-refractivity contribution in [1.29, 1.82) is 0 Å². The van der Waals surface area contributed by atoms with Gasteiger partial charge in [0.05, 0.1) is 6.61 Å². The normalized spacial score (nSPS) is 11.5. The van der Waals surface area contributed by atoms with Crippen LogP contribution in [0.4, 0.5) is 4.79 Å². The minimum atomic E-state index is -0.799. The predicted octanol–water partition coefficient (Wildman–Crippen LogP) is 1.77. The number of rotatable bonds is 6. The molecule has 0 saturated heterocycles. The zero-order valence-electron chi connectivity index (χ0n) is 10.7. The molecule has 6 heteroatoms.